The highest BCUT2D eigenvalue weighted by Gasteiger charge is 2.28. The smallest absolute Gasteiger partial charge is 0.185 e. The van der Waals surface area contributed by atoms with Crippen LogP contribution in [0, 0.1) is 5.92 Å². The Morgan fingerprint density at radius 1 is 1.50 bits per heavy atom. The summed E-state index contributed by atoms with van der Waals surface area (Å²) in [4.78, 5) is 12.3. The van der Waals surface area contributed by atoms with E-state index in [1.54, 1.807) is 10.9 Å². The fraction of sp³-hybridized carbons (Fsp3) is 0.667. The first-order chi connectivity index (χ1) is 7.61. The molecule has 2 rings (SSSR count). The van der Waals surface area contributed by atoms with Crippen LogP contribution >= 0.6 is 11.6 Å². The molecule has 1 aliphatic carbocycles. The second-order valence-electron chi connectivity index (χ2n) is 4.73. The molecule has 0 saturated heterocycles. The monoisotopic (exact) mass is 240 g/mol. The van der Waals surface area contributed by atoms with Gasteiger partial charge in [-0.25, -0.2) is 0 Å². The maximum Gasteiger partial charge on any atom is 0.185 e. The fourth-order valence-corrected chi connectivity index (χ4v) is 2.57. The zero-order chi connectivity index (χ0) is 11.7. The number of aromatic nitrogens is 2. The summed E-state index contributed by atoms with van der Waals surface area (Å²) in [6.07, 6.45) is 5.88. The summed E-state index contributed by atoms with van der Waals surface area (Å²) in [6.45, 7) is 4.02. The molecule has 0 N–H and O–H groups in total. The number of ketones is 1. The summed E-state index contributed by atoms with van der Waals surface area (Å²) in [5, 5.41) is 4.66. The predicted octanol–water partition coefficient (Wildman–Crippen LogP) is 3.49. The highest BCUT2D eigenvalue weighted by Crippen LogP contribution is 2.31. The minimum absolute atomic E-state index is 0.159. The molecule has 1 saturated carbocycles. The van der Waals surface area contributed by atoms with Crippen molar-refractivity contribution in [3.8, 4) is 0 Å². The van der Waals surface area contributed by atoms with Gasteiger partial charge in [0.2, 0.25) is 0 Å². The lowest BCUT2D eigenvalue weighted by Gasteiger charge is -2.13. The van der Waals surface area contributed by atoms with E-state index in [0.29, 0.717) is 10.7 Å². The van der Waals surface area contributed by atoms with Gasteiger partial charge >= 0.3 is 0 Å². The molecule has 1 aliphatic rings. The summed E-state index contributed by atoms with van der Waals surface area (Å²) in [5.74, 6) is 0.334. The first-order valence-electron chi connectivity index (χ1n) is 5.88. The summed E-state index contributed by atoms with van der Waals surface area (Å²) >= 11 is 6.06. The third kappa shape index (κ3) is 2.01. The van der Waals surface area contributed by atoms with Crippen molar-refractivity contribution in [3.63, 3.8) is 0 Å². The van der Waals surface area contributed by atoms with Crippen LogP contribution in [0.2, 0.25) is 5.02 Å². The quantitative estimate of drug-likeness (QED) is 0.758. The van der Waals surface area contributed by atoms with Crippen molar-refractivity contribution in [2.45, 2.75) is 45.6 Å². The Hall–Kier alpha value is -0.830. The van der Waals surface area contributed by atoms with Crippen LogP contribution in [0.25, 0.3) is 0 Å². The van der Waals surface area contributed by atoms with Gasteiger partial charge in [0.05, 0.1) is 11.2 Å². The van der Waals surface area contributed by atoms with E-state index < -0.39 is 0 Å². The first-order valence-corrected chi connectivity index (χ1v) is 6.26. The zero-order valence-electron chi connectivity index (χ0n) is 9.74. The Morgan fingerprint density at radius 3 is 2.69 bits per heavy atom. The van der Waals surface area contributed by atoms with Crippen molar-refractivity contribution < 1.29 is 4.79 Å². The highest BCUT2D eigenvalue weighted by atomic mass is 35.5. The molecule has 3 nitrogen and oxygen atoms in total. The summed E-state index contributed by atoms with van der Waals surface area (Å²) in [6, 6.07) is 0.174. The van der Waals surface area contributed by atoms with Crippen molar-refractivity contribution in [3.05, 3.63) is 16.9 Å². The van der Waals surface area contributed by atoms with E-state index in [-0.39, 0.29) is 17.7 Å². The molecule has 4 heteroatoms. The molecular formula is C12H17ClN2O. The Morgan fingerprint density at radius 2 is 2.12 bits per heavy atom. The van der Waals surface area contributed by atoms with Crippen LogP contribution in [-0.4, -0.2) is 15.6 Å². The topological polar surface area (TPSA) is 34.9 Å². The molecule has 88 valence electrons. The van der Waals surface area contributed by atoms with Crippen LogP contribution < -0.4 is 0 Å². The molecule has 1 fully saturated rings. The van der Waals surface area contributed by atoms with E-state index in [9.17, 15) is 4.79 Å². The largest absolute Gasteiger partial charge is 0.292 e. The average Bonchev–Trinajstić information content (AvgIpc) is 2.84. The normalized spacial score (nSPS) is 17.2. The fourth-order valence-electron chi connectivity index (χ4n) is 2.34. The van der Waals surface area contributed by atoms with Crippen molar-refractivity contribution in [1.29, 1.82) is 0 Å². The number of hydrogen-bond acceptors (Lipinski definition) is 2. The number of carbonyl (C=O) groups is 1. The Bertz CT molecular complexity index is 392. The SMILES string of the molecule is CC(C)n1ncc(Cl)c1C(=O)C1CCCC1. The van der Waals surface area contributed by atoms with Crippen LogP contribution in [0.4, 0.5) is 0 Å². The van der Waals surface area contributed by atoms with E-state index in [1.807, 2.05) is 13.8 Å². The minimum Gasteiger partial charge on any atom is -0.292 e. The van der Waals surface area contributed by atoms with Gasteiger partial charge in [0.25, 0.3) is 0 Å². The maximum absolute atomic E-state index is 12.3. The van der Waals surface area contributed by atoms with Gasteiger partial charge in [0, 0.05) is 12.0 Å². The van der Waals surface area contributed by atoms with Crippen molar-refractivity contribution in [1.82, 2.24) is 9.78 Å². The summed E-state index contributed by atoms with van der Waals surface area (Å²) < 4.78 is 1.74. The Balaban J connectivity index is 2.31. The summed E-state index contributed by atoms with van der Waals surface area (Å²) in [7, 11) is 0. The standard InChI is InChI=1S/C12H17ClN2O/c1-8(2)15-11(10(13)7-14-15)12(16)9-5-3-4-6-9/h7-9H,3-6H2,1-2H3. The minimum atomic E-state index is 0.159. The highest BCUT2D eigenvalue weighted by molar-refractivity contribution is 6.33. The van der Waals surface area contributed by atoms with Crippen LogP contribution in [-0.2, 0) is 0 Å². The number of Topliss-reactive ketones (excluding diaryl/α,β-unsaturated/α-hetero) is 1. The van der Waals surface area contributed by atoms with Gasteiger partial charge in [0.1, 0.15) is 5.69 Å². The molecule has 0 aliphatic heterocycles. The molecule has 0 amide bonds. The van der Waals surface area contributed by atoms with Crippen LogP contribution in [0.1, 0.15) is 56.1 Å². The molecule has 0 bridgehead atoms. The van der Waals surface area contributed by atoms with Crippen molar-refractivity contribution in [2.75, 3.05) is 0 Å². The molecule has 0 unspecified atom stereocenters. The molecular weight excluding hydrogens is 224 g/mol. The van der Waals surface area contributed by atoms with Crippen molar-refractivity contribution in [2.24, 2.45) is 5.92 Å². The maximum atomic E-state index is 12.3. The molecule has 0 atom stereocenters. The first kappa shape index (κ1) is 11.6. The Kier molecular flexibility index (Phi) is 3.33. The second kappa shape index (κ2) is 4.58. The number of hydrogen-bond donors (Lipinski definition) is 0. The van der Waals surface area contributed by atoms with Gasteiger partial charge in [-0.05, 0) is 26.7 Å². The van der Waals surface area contributed by atoms with Gasteiger partial charge < -0.3 is 0 Å². The molecule has 0 radical (unpaired) electrons. The number of nitrogens with zero attached hydrogens (tertiary/aromatic N) is 2. The van der Waals surface area contributed by atoms with Crippen LogP contribution in [0.3, 0.4) is 0 Å². The Labute approximate surface area is 101 Å². The zero-order valence-corrected chi connectivity index (χ0v) is 10.5. The number of carbonyl (C=O) groups excluding carboxylic acids is 1. The van der Waals surface area contributed by atoms with Gasteiger partial charge in [0.15, 0.2) is 5.78 Å². The lowest BCUT2D eigenvalue weighted by molar-refractivity contribution is 0.0910. The molecule has 0 aromatic carbocycles. The van der Waals surface area contributed by atoms with Gasteiger partial charge in [-0.3, -0.25) is 9.48 Å². The molecule has 16 heavy (non-hydrogen) atoms. The second-order valence-corrected chi connectivity index (χ2v) is 5.13. The summed E-state index contributed by atoms with van der Waals surface area (Å²) in [5.41, 5.74) is 0.601. The van der Waals surface area contributed by atoms with Gasteiger partial charge in [-0.1, -0.05) is 24.4 Å². The van der Waals surface area contributed by atoms with Gasteiger partial charge in [-0.15, -0.1) is 0 Å². The third-order valence-corrected chi connectivity index (χ3v) is 3.48. The van der Waals surface area contributed by atoms with E-state index in [4.69, 9.17) is 11.6 Å². The lowest BCUT2D eigenvalue weighted by atomic mass is 10.00. The van der Waals surface area contributed by atoms with E-state index in [2.05, 4.69) is 5.10 Å². The average molecular weight is 241 g/mol. The van der Waals surface area contributed by atoms with Crippen LogP contribution in [0.15, 0.2) is 6.20 Å². The van der Waals surface area contributed by atoms with E-state index in [1.165, 1.54) is 0 Å². The van der Waals surface area contributed by atoms with Crippen molar-refractivity contribution >= 4 is 17.4 Å². The van der Waals surface area contributed by atoms with Crippen LogP contribution in [0.5, 0.6) is 0 Å². The van der Waals surface area contributed by atoms with E-state index >= 15 is 0 Å². The third-order valence-electron chi connectivity index (χ3n) is 3.20. The molecule has 1 heterocycles. The molecule has 1 aromatic heterocycles. The number of rotatable bonds is 3. The van der Waals surface area contributed by atoms with Gasteiger partial charge in [-0.2, -0.15) is 5.10 Å². The molecule has 0 spiro atoms. The number of halogens is 1. The van der Waals surface area contributed by atoms with E-state index in [0.717, 1.165) is 25.7 Å². The predicted molar refractivity (Wildman–Crippen MR) is 63.9 cm³/mol. The molecule has 1 aromatic rings. The lowest BCUT2D eigenvalue weighted by Crippen LogP contribution is -2.18.